The molecule has 0 amide bonds. The van der Waals surface area contributed by atoms with Crippen LogP contribution in [0.2, 0.25) is 0 Å². The summed E-state index contributed by atoms with van der Waals surface area (Å²) in [7, 11) is 0. The minimum Gasteiger partial charge on any atom is -0.399 e. The number of nitrogens with two attached hydrogens (primary N) is 1. The molecule has 112 valence electrons. The van der Waals surface area contributed by atoms with Gasteiger partial charge in [0.05, 0.1) is 6.10 Å². The highest BCUT2D eigenvalue weighted by Crippen LogP contribution is 2.15. The first kappa shape index (κ1) is 15.1. The van der Waals surface area contributed by atoms with Crippen LogP contribution in [0.4, 0.5) is 11.5 Å². The number of nitrogens with one attached hydrogen (secondary N) is 1. The van der Waals surface area contributed by atoms with Gasteiger partial charge in [-0.3, -0.25) is 4.79 Å². The first-order chi connectivity index (χ1) is 9.99. The number of rotatable bonds is 5. The van der Waals surface area contributed by atoms with E-state index in [0.29, 0.717) is 5.69 Å². The molecule has 1 heterocycles. The Morgan fingerprint density at radius 2 is 2.00 bits per heavy atom. The average Bonchev–Trinajstić information content (AvgIpc) is 2.46. The predicted octanol–water partition coefficient (Wildman–Crippen LogP) is 1.55. The molecule has 0 aliphatic rings. The topological polar surface area (TPSA) is 93.2 Å². The quantitative estimate of drug-likeness (QED) is 0.726. The highest BCUT2D eigenvalue weighted by molar-refractivity contribution is 5.40. The van der Waals surface area contributed by atoms with Crippen molar-refractivity contribution in [2.45, 2.75) is 26.0 Å². The Morgan fingerprint density at radius 3 is 2.62 bits per heavy atom. The van der Waals surface area contributed by atoms with Gasteiger partial charge in [0.2, 0.25) is 0 Å². The number of nitrogen functional groups attached to an aromatic ring is 1. The van der Waals surface area contributed by atoms with Crippen molar-refractivity contribution < 1.29 is 5.11 Å². The Labute approximate surface area is 123 Å². The summed E-state index contributed by atoms with van der Waals surface area (Å²) in [5.41, 5.74) is 6.78. The fraction of sp³-hybridized carbons (Fsp3) is 0.333. The van der Waals surface area contributed by atoms with E-state index in [0.717, 1.165) is 5.56 Å². The molecule has 0 fully saturated rings. The van der Waals surface area contributed by atoms with E-state index in [1.165, 1.54) is 0 Å². The lowest BCUT2D eigenvalue weighted by Gasteiger charge is -2.14. The molecule has 1 unspecified atom stereocenters. The lowest BCUT2D eigenvalue weighted by Crippen LogP contribution is -2.27. The molecule has 1 aromatic heterocycles. The zero-order valence-electron chi connectivity index (χ0n) is 12.2. The van der Waals surface area contributed by atoms with Crippen LogP contribution in [0.3, 0.4) is 0 Å². The smallest absolute Gasteiger partial charge is 0.293 e. The van der Waals surface area contributed by atoms with Crippen LogP contribution in [0.1, 0.15) is 31.6 Å². The summed E-state index contributed by atoms with van der Waals surface area (Å²) in [6.07, 6.45) is 2.48. The number of anilines is 2. The van der Waals surface area contributed by atoms with Crippen molar-refractivity contribution >= 4 is 11.5 Å². The number of hydrogen-bond acceptors (Lipinski definition) is 5. The summed E-state index contributed by atoms with van der Waals surface area (Å²) >= 11 is 0. The summed E-state index contributed by atoms with van der Waals surface area (Å²) in [6, 6.07) is 7.03. The predicted molar refractivity (Wildman–Crippen MR) is 83.2 cm³/mol. The lowest BCUT2D eigenvalue weighted by atomic mass is 10.1. The van der Waals surface area contributed by atoms with Gasteiger partial charge < -0.3 is 20.7 Å². The van der Waals surface area contributed by atoms with Gasteiger partial charge in [0, 0.05) is 30.7 Å². The number of benzene rings is 1. The van der Waals surface area contributed by atoms with Gasteiger partial charge in [0.1, 0.15) is 0 Å². The number of aliphatic hydroxyl groups excluding tert-OH is 1. The van der Waals surface area contributed by atoms with E-state index in [2.05, 4.69) is 10.3 Å². The first-order valence-electron chi connectivity index (χ1n) is 6.83. The Morgan fingerprint density at radius 1 is 1.33 bits per heavy atom. The van der Waals surface area contributed by atoms with Crippen molar-refractivity contribution in [3.63, 3.8) is 0 Å². The maximum absolute atomic E-state index is 12.1. The summed E-state index contributed by atoms with van der Waals surface area (Å²) in [5, 5.41) is 13.0. The van der Waals surface area contributed by atoms with E-state index in [-0.39, 0.29) is 24.0 Å². The maximum atomic E-state index is 12.1. The van der Waals surface area contributed by atoms with Crippen molar-refractivity contribution in [1.29, 1.82) is 0 Å². The van der Waals surface area contributed by atoms with Crippen LogP contribution in [-0.2, 0) is 0 Å². The van der Waals surface area contributed by atoms with Crippen molar-refractivity contribution in [1.82, 2.24) is 9.55 Å². The zero-order valence-corrected chi connectivity index (χ0v) is 12.2. The Hall–Kier alpha value is -2.34. The van der Waals surface area contributed by atoms with E-state index in [9.17, 15) is 9.90 Å². The molecule has 1 aromatic carbocycles. The Balaban J connectivity index is 2.08. The van der Waals surface area contributed by atoms with E-state index in [1.807, 2.05) is 13.8 Å². The number of aliphatic hydroxyl groups is 1. The summed E-state index contributed by atoms with van der Waals surface area (Å²) in [5.74, 6) is 0.237. The van der Waals surface area contributed by atoms with Crippen LogP contribution in [0.15, 0.2) is 41.5 Å². The van der Waals surface area contributed by atoms with Gasteiger partial charge in [-0.25, -0.2) is 4.98 Å². The molecule has 2 aromatic rings. The fourth-order valence-electron chi connectivity index (χ4n) is 1.98. The van der Waals surface area contributed by atoms with Gasteiger partial charge in [0.15, 0.2) is 5.82 Å². The lowest BCUT2D eigenvalue weighted by molar-refractivity contribution is 0.191. The molecular formula is C15H20N4O2. The minimum absolute atomic E-state index is 0.0584. The SMILES string of the molecule is CC(C)n1ccnc(NCC(O)c2ccc(N)cc2)c1=O. The average molecular weight is 288 g/mol. The number of hydrogen-bond donors (Lipinski definition) is 3. The Bertz CT molecular complexity index is 649. The van der Waals surface area contributed by atoms with Crippen LogP contribution in [-0.4, -0.2) is 21.2 Å². The molecule has 6 nitrogen and oxygen atoms in total. The molecule has 0 spiro atoms. The van der Waals surface area contributed by atoms with Crippen molar-refractivity contribution in [3.05, 3.63) is 52.6 Å². The minimum atomic E-state index is -0.737. The van der Waals surface area contributed by atoms with Gasteiger partial charge in [0.25, 0.3) is 5.56 Å². The Kier molecular flexibility index (Phi) is 4.59. The third-order valence-corrected chi connectivity index (χ3v) is 3.21. The van der Waals surface area contributed by atoms with E-state index in [1.54, 1.807) is 41.2 Å². The molecule has 0 aliphatic heterocycles. The van der Waals surface area contributed by atoms with Crippen LogP contribution in [0, 0.1) is 0 Å². The molecule has 0 saturated heterocycles. The van der Waals surface area contributed by atoms with Gasteiger partial charge in [-0.2, -0.15) is 0 Å². The fourth-order valence-corrected chi connectivity index (χ4v) is 1.98. The van der Waals surface area contributed by atoms with E-state index >= 15 is 0 Å². The molecule has 1 atom stereocenters. The van der Waals surface area contributed by atoms with Crippen molar-refractivity contribution in [3.8, 4) is 0 Å². The summed E-state index contributed by atoms with van der Waals surface area (Å²) in [4.78, 5) is 16.2. The summed E-state index contributed by atoms with van der Waals surface area (Å²) in [6.45, 7) is 4.05. The van der Waals surface area contributed by atoms with E-state index in [4.69, 9.17) is 5.73 Å². The molecule has 2 rings (SSSR count). The monoisotopic (exact) mass is 288 g/mol. The molecule has 0 radical (unpaired) electrons. The molecule has 6 heteroatoms. The highest BCUT2D eigenvalue weighted by Gasteiger charge is 2.11. The van der Waals surface area contributed by atoms with Crippen molar-refractivity contribution in [2.24, 2.45) is 0 Å². The zero-order chi connectivity index (χ0) is 15.4. The van der Waals surface area contributed by atoms with Gasteiger partial charge in [-0.1, -0.05) is 12.1 Å². The second kappa shape index (κ2) is 6.41. The first-order valence-corrected chi connectivity index (χ1v) is 6.83. The van der Waals surface area contributed by atoms with Crippen LogP contribution in [0.5, 0.6) is 0 Å². The molecule has 4 N–H and O–H groups in total. The normalized spacial score (nSPS) is 12.4. The second-order valence-electron chi connectivity index (χ2n) is 5.15. The van der Waals surface area contributed by atoms with Gasteiger partial charge >= 0.3 is 0 Å². The third kappa shape index (κ3) is 3.61. The highest BCUT2D eigenvalue weighted by atomic mass is 16.3. The van der Waals surface area contributed by atoms with Gasteiger partial charge in [-0.05, 0) is 31.5 Å². The van der Waals surface area contributed by atoms with Gasteiger partial charge in [-0.15, -0.1) is 0 Å². The van der Waals surface area contributed by atoms with Crippen LogP contribution >= 0.6 is 0 Å². The maximum Gasteiger partial charge on any atom is 0.293 e. The van der Waals surface area contributed by atoms with Crippen LogP contribution < -0.4 is 16.6 Å². The largest absolute Gasteiger partial charge is 0.399 e. The molecule has 0 bridgehead atoms. The standard InChI is InChI=1S/C15H20N4O2/c1-10(2)19-8-7-17-14(15(19)21)18-9-13(20)11-3-5-12(16)6-4-11/h3-8,10,13,20H,9,16H2,1-2H3,(H,17,18). The van der Waals surface area contributed by atoms with Crippen molar-refractivity contribution in [2.75, 3.05) is 17.6 Å². The third-order valence-electron chi connectivity index (χ3n) is 3.21. The van der Waals surface area contributed by atoms with E-state index < -0.39 is 6.10 Å². The molecule has 21 heavy (non-hydrogen) atoms. The number of aromatic nitrogens is 2. The summed E-state index contributed by atoms with van der Waals surface area (Å²) < 4.78 is 1.59. The van der Waals surface area contributed by atoms with Crippen LogP contribution in [0.25, 0.3) is 0 Å². The molecule has 0 saturated carbocycles. The number of nitrogens with zero attached hydrogens (tertiary/aromatic N) is 2. The molecule has 0 aliphatic carbocycles. The molecular weight excluding hydrogens is 268 g/mol. The second-order valence-corrected chi connectivity index (χ2v) is 5.15.